The van der Waals surface area contributed by atoms with Gasteiger partial charge in [-0.15, -0.1) is 0 Å². The van der Waals surface area contributed by atoms with Gasteiger partial charge in [0.05, 0.1) is 18.6 Å². The molecular formula is C14H19NO4. The molecule has 19 heavy (non-hydrogen) atoms. The Balaban J connectivity index is 2.70. The second-order valence-corrected chi connectivity index (χ2v) is 4.07. The average Bonchev–Trinajstić information content (AvgIpc) is 2.42. The molecule has 0 aliphatic carbocycles. The molecule has 0 spiro atoms. The van der Waals surface area contributed by atoms with Crippen LogP contribution in [0.2, 0.25) is 0 Å². The summed E-state index contributed by atoms with van der Waals surface area (Å²) in [6, 6.07) is 5.25. The highest BCUT2D eigenvalue weighted by atomic mass is 16.6. The maximum absolute atomic E-state index is 10.3. The molecule has 0 radical (unpaired) electrons. The Morgan fingerprint density at radius 1 is 1.32 bits per heavy atom. The Morgan fingerprint density at radius 3 is 2.74 bits per heavy atom. The van der Waals surface area contributed by atoms with Crippen LogP contribution in [0.4, 0.5) is 0 Å². The summed E-state index contributed by atoms with van der Waals surface area (Å²) in [5, 5.41) is 10.3. The molecule has 0 N–H and O–H groups in total. The first kappa shape index (κ1) is 15.0. The first-order chi connectivity index (χ1) is 9.17. The standard InChI is InChI=1S/C14H19NO4/c1-3-4-5-10-19-13-7-6-12(8-9-15(16)17)11-14(13)18-2/h6-9,11H,3-5,10H2,1-2H3/b9-8+. The van der Waals surface area contributed by atoms with E-state index in [2.05, 4.69) is 6.92 Å². The normalized spacial score (nSPS) is 10.6. The van der Waals surface area contributed by atoms with E-state index in [4.69, 9.17) is 9.47 Å². The third-order valence-electron chi connectivity index (χ3n) is 2.58. The Labute approximate surface area is 113 Å². The monoisotopic (exact) mass is 265 g/mol. The minimum absolute atomic E-state index is 0.498. The number of nitrogens with zero attached hydrogens (tertiary/aromatic N) is 1. The smallest absolute Gasteiger partial charge is 0.235 e. The summed E-state index contributed by atoms with van der Waals surface area (Å²) in [5.41, 5.74) is 0.703. The van der Waals surface area contributed by atoms with Crippen molar-refractivity contribution in [1.29, 1.82) is 0 Å². The zero-order chi connectivity index (χ0) is 14.1. The summed E-state index contributed by atoms with van der Waals surface area (Å²) in [6.45, 7) is 2.78. The molecular weight excluding hydrogens is 246 g/mol. The van der Waals surface area contributed by atoms with Crippen molar-refractivity contribution in [3.63, 3.8) is 0 Å². The van der Waals surface area contributed by atoms with Crippen LogP contribution in [0.25, 0.3) is 6.08 Å². The van der Waals surface area contributed by atoms with Crippen LogP contribution >= 0.6 is 0 Å². The molecule has 0 aromatic heterocycles. The Bertz CT molecular complexity index is 443. The van der Waals surface area contributed by atoms with Crippen molar-refractivity contribution in [2.24, 2.45) is 0 Å². The molecule has 0 saturated carbocycles. The highest BCUT2D eigenvalue weighted by molar-refractivity contribution is 5.55. The van der Waals surface area contributed by atoms with E-state index in [0.29, 0.717) is 23.7 Å². The van der Waals surface area contributed by atoms with Gasteiger partial charge < -0.3 is 9.47 Å². The number of methoxy groups -OCH3 is 1. The van der Waals surface area contributed by atoms with E-state index in [1.807, 2.05) is 0 Å². The van der Waals surface area contributed by atoms with Crippen LogP contribution in [0, 0.1) is 10.1 Å². The second kappa shape index (κ2) is 8.13. The first-order valence-corrected chi connectivity index (χ1v) is 6.30. The molecule has 0 bridgehead atoms. The van der Waals surface area contributed by atoms with Crippen molar-refractivity contribution in [2.45, 2.75) is 26.2 Å². The molecule has 1 aromatic carbocycles. The highest BCUT2D eigenvalue weighted by Gasteiger charge is 2.05. The van der Waals surface area contributed by atoms with Crippen LogP contribution in [0.15, 0.2) is 24.4 Å². The van der Waals surface area contributed by atoms with E-state index in [1.54, 1.807) is 25.3 Å². The molecule has 5 heteroatoms. The van der Waals surface area contributed by atoms with Crippen molar-refractivity contribution >= 4 is 6.08 Å². The molecule has 0 aliphatic rings. The number of ether oxygens (including phenoxy) is 2. The van der Waals surface area contributed by atoms with Gasteiger partial charge in [0.2, 0.25) is 6.20 Å². The number of hydrogen-bond donors (Lipinski definition) is 0. The second-order valence-electron chi connectivity index (χ2n) is 4.07. The van der Waals surface area contributed by atoms with E-state index in [1.165, 1.54) is 6.08 Å². The van der Waals surface area contributed by atoms with Crippen LogP contribution < -0.4 is 9.47 Å². The fourth-order valence-electron chi connectivity index (χ4n) is 1.59. The Morgan fingerprint density at radius 2 is 2.11 bits per heavy atom. The van der Waals surface area contributed by atoms with Gasteiger partial charge in [-0.25, -0.2) is 0 Å². The van der Waals surface area contributed by atoms with Crippen LogP contribution in [0.1, 0.15) is 31.7 Å². The molecule has 0 heterocycles. The highest BCUT2D eigenvalue weighted by Crippen LogP contribution is 2.28. The first-order valence-electron chi connectivity index (χ1n) is 6.30. The summed E-state index contributed by atoms with van der Waals surface area (Å²) >= 11 is 0. The van der Waals surface area contributed by atoms with Gasteiger partial charge in [-0.2, -0.15) is 0 Å². The van der Waals surface area contributed by atoms with E-state index in [0.717, 1.165) is 25.5 Å². The van der Waals surface area contributed by atoms with Crippen molar-refractivity contribution in [3.05, 3.63) is 40.1 Å². The van der Waals surface area contributed by atoms with Gasteiger partial charge in [-0.1, -0.05) is 25.8 Å². The van der Waals surface area contributed by atoms with Gasteiger partial charge in [0, 0.05) is 6.08 Å². The minimum Gasteiger partial charge on any atom is -0.493 e. The quantitative estimate of drug-likeness (QED) is 0.410. The van der Waals surface area contributed by atoms with Gasteiger partial charge in [0.15, 0.2) is 11.5 Å². The molecule has 0 atom stereocenters. The lowest BCUT2D eigenvalue weighted by Crippen LogP contribution is -1.99. The lowest BCUT2D eigenvalue weighted by atomic mass is 10.2. The van der Waals surface area contributed by atoms with Crippen molar-refractivity contribution in [3.8, 4) is 11.5 Å². The van der Waals surface area contributed by atoms with E-state index in [-0.39, 0.29) is 0 Å². The summed E-state index contributed by atoms with van der Waals surface area (Å²) in [5.74, 6) is 1.25. The topological polar surface area (TPSA) is 61.6 Å². The zero-order valence-electron chi connectivity index (χ0n) is 11.3. The lowest BCUT2D eigenvalue weighted by molar-refractivity contribution is -0.400. The predicted molar refractivity (Wildman–Crippen MR) is 74.0 cm³/mol. The molecule has 0 aliphatic heterocycles. The molecule has 104 valence electrons. The number of rotatable bonds is 8. The summed E-state index contributed by atoms with van der Waals surface area (Å²) in [4.78, 5) is 9.76. The van der Waals surface area contributed by atoms with Gasteiger partial charge in [-0.3, -0.25) is 10.1 Å². The molecule has 1 rings (SSSR count). The fraction of sp³-hybridized carbons (Fsp3) is 0.429. The summed E-state index contributed by atoms with van der Waals surface area (Å²) < 4.78 is 10.8. The van der Waals surface area contributed by atoms with E-state index < -0.39 is 4.92 Å². The third-order valence-corrected chi connectivity index (χ3v) is 2.58. The summed E-state index contributed by atoms with van der Waals surface area (Å²) in [7, 11) is 1.55. The zero-order valence-corrected chi connectivity index (χ0v) is 11.3. The van der Waals surface area contributed by atoms with Crippen molar-refractivity contribution in [1.82, 2.24) is 0 Å². The van der Waals surface area contributed by atoms with Crippen LogP contribution in [-0.4, -0.2) is 18.6 Å². The van der Waals surface area contributed by atoms with E-state index >= 15 is 0 Å². The number of hydrogen-bond acceptors (Lipinski definition) is 4. The van der Waals surface area contributed by atoms with Crippen molar-refractivity contribution in [2.75, 3.05) is 13.7 Å². The predicted octanol–water partition coefficient (Wildman–Crippen LogP) is 3.51. The van der Waals surface area contributed by atoms with Gasteiger partial charge >= 0.3 is 0 Å². The fourth-order valence-corrected chi connectivity index (χ4v) is 1.59. The SMILES string of the molecule is CCCCCOc1ccc(/C=C/[N+](=O)[O-])cc1OC. The Kier molecular flexibility index (Phi) is 6.43. The van der Waals surface area contributed by atoms with E-state index in [9.17, 15) is 10.1 Å². The molecule has 0 amide bonds. The van der Waals surface area contributed by atoms with Gasteiger partial charge in [0.1, 0.15) is 0 Å². The number of benzene rings is 1. The largest absolute Gasteiger partial charge is 0.493 e. The maximum Gasteiger partial charge on any atom is 0.235 e. The van der Waals surface area contributed by atoms with Crippen LogP contribution in [0.5, 0.6) is 11.5 Å². The maximum atomic E-state index is 10.3. The lowest BCUT2D eigenvalue weighted by Gasteiger charge is -2.10. The number of nitro groups is 1. The van der Waals surface area contributed by atoms with Crippen LogP contribution in [0.3, 0.4) is 0 Å². The molecule has 0 saturated heterocycles. The van der Waals surface area contributed by atoms with Gasteiger partial charge in [0.25, 0.3) is 0 Å². The van der Waals surface area contributed by atoms with Gasteiger partial charge in [-0.05, 0) is 24.1 Å². The van der Waals surface area contributed by atoms with Crippen LogP contribution in [-0.2, 0) is 0 Å². The average molecular weight is 265 g/mol. The van der Waals surface area contributed by atoms with Crippen molar-refractivity contribution < 1.29 is 14.4 Å². The molecule has 1 aromatic rings. The number of unbranched alkanes of at least 4 members (excludes halogenated alkanes) is 2. The molecule has 5 nitrogen and oxygen atoms in total. The minimum atomic E-state index is -0.498. The molecule has 0 unspecified atom stereocenters. The third kappa shape index (κ3) is 5.42. The molecule has 0 fully saturated rings. The summed E-state index contributed by atoms with van der Waals surface area (Å²) in [6.07, 6.45) is 5.60. The Hall–Kier alpha value is -2.04.